The molecule has 1 heterocycles. The second-order valence-electron chi connectivity index (χ2n) is 3.55. The Kier molecular flexibility index (Phi) is 4.86. The minimum atomic E-state index is -0.496. The number of hydrogen-bond acceptors (Lipinski definition) is 4. The van der Waals surface area contributed by atoms with Gasteiger partial charge in [-0.05, 0) is 6.92 Å². The molecule has 0 aromatic carbocycles. The molecule has 1 amide bonds. The number of nitrogens with one attached hydrogen (secondary N) is 2. The highest BCUT2D eigenvalue weighted by Crippen LogP contribution is 2.00. The summed E-state index contributed by atoms with van der Waals surface area (Å²) in [5.74, 6) is -0.0698. The first-order valence-electron chi connectivity index (χ1n) is 4.95. The van der Waals surface area contributed by atoms with Crippen LogP contribution in [-0.4, -0.2) is 49.5 Å². The molecule has 14 heavy (non-hydrogen) atoms. The van der Waals surface area contributed by atoms with E-state index in [0.29, 0.717) is 19.6 Å². The van der Waals surface area contributed by atoms with Crippen LogP contribution < -0.4 is 10.6 Å². The van der Waals surface area contributed by atoms with Crippen LogP contribution in [0, 0.1) is 0 Å². The lowest BCUT2D eigenvalue weighted by molar-refractivity contribution is -0.124. The van der Waals surface area contributed by atoms with Gasteiger partial charge in [0.2, 0.25) is 5.91 Å². The Balaban J connectivity index is 2.12. The standard InChI is InChI=1S/C9H18N2O3/c1-7(12)5-11-9(13)4-8-6-10-2-3-14-8/h7-8,10,12H,2-6H2,1H3,(H,11,13)/t7-,8?/m0/s1. The molecule has 0 bridgehead atoms. The van der Waals surface area contributed by atoms with Gasteiger partial charge in [-0.3, -0.25) is 4.79 Å². The summed E-state index contributed by atoms with van der Waals surface area (Å²) in [6, 6.07) is 0. The average molecular weight is 202 g/mol. The molecular formula is C9H18N2O3. The van der Waals surface area contributed by atoms with E-state index in [4.69, 9.17) is 9.84 Å². The van der Waals surface area contributed by atoms with Crippen LogP contribution in [0.4, 0.5) is 0 Å². The van der Waals surface area contributed by atoms with Crippen LogP contribution in [0.15, 0.2) is 0 Å². The Morgan fingerprint density at radius 2 is 2.57 bits per heavy atom. The van der Waals surface area contributed by atoms with Crippen molar-refractivity contribution in [3.8, 4) is 0 Å². The fraction of sp³-hybridized carbons (Fsp3) is 0.889. The van der Waals surface area contributed by atoms with Crippen molar-refractivity contribution in [3.63, 3.8) is 0 Å². The summed E-state index contributed by atoms with van der Waals surface area (Å²) in [5.41, 5.74) is 0. The molecule has 1 unspecified atom stereocenters. The van der Waals surface area contributed by atoms with Crippen LogP contribution >= 0.6 is 0 Å². The van der Waals surface area contributed by atoms with Crippen molar-refractivity contribution in [2.24, 2.45) is 0 Å². The Labute approximate surface area is 83.8 Å². The number of aliphatic hydroxyl groups is 1. The second kappa shape index (κ2) is 5.95. The van der Waals surface area contributed by atoms with Crippen molar-refractivity contribution in [1.29, 1.82) is 0 Å². The third kappa shape index (κ3) is 4.55. The maximum absolute atomic E-state index is 11.3. The monoisotopic (exact) mass is 202 g/mol. The van der Waals surface area contributed by atoms with Crippen molar-refractivity contribution in [3.05, 3.63) is 0 Å². The second-order valence-corrected chi connectivity index (χ2v) is 3.55. The lowest BCUT2D eigenvalue weighted by Gasteiger charge is -2.23. The van der Waals surface area contributed by atoms with Crippen LogP contribution in [0.1, 0.15) is 13.3 Å². The molecule has 0 spiro atoms. The number of morpholine rings is 1. The first-order chi connectivity index (χ1) is 6.68. The van der Waals surface area contributed by atoms with Gasteiger partial charge in [0.05, 0.1) is 25.2 Å². The van der Waals surface area contributed by atoms with Gasteiger partial charge in [-0.15, -0.1) is 0 Å². The number of carbonyl (C=O) groups is 1. The van der Waals surface area contributed by atoms with E-state index in [2.05, 4.69) is 10.6 Å². The van der Waals surface area contributed by atoms with Crippen molar-refractivity contribution in [2.75, 3.05) is 26.2 Å². The Morgan fingerprint density at radius 3 is 3.14 bits per heavy atom. The van der Waals surface area contributed by atoms with Crippen LogP contribution in [0.25, 0.3) is 0 Å². The summed E-state index contributed by atoms with van der Waals surface area (Å²) in [7, 11) is 0. The van der Waals surface area contributed by atoms with Crippen molar-refractivity contribution in [2.45, 2.75) is 25.6 Å². The van der Waals surface area contributed by atoms with Gasteiger partial charge in [0, 0.05) is 19.6 Å². The number of hydrogen-bond donors (Lipinski definition) is 3. The molecular weight excluding hydrogens is 184 g/mol. The van der Waals surface area contributed by atoms with Gasteiger partial charge in [-0.25, -0.2) is 0 Å². The molecule has 2 atom stereocenters. The number of rotatable bonds is 4. The fourth-order valence-corrected chi connectivity index (χ4v) is 1.29. The smallest absolute Gasteiger partial charge is 0.222 e. The molecule has 1 rings (SSSR count). The molecule has 1 aliphatic rings. The first-order valence-corrected chi connectivity index (χ1v) is 4.95. The summed E-state index contributed by atoms with van der Waals surface area (Å²) >= 11 is 0. The molecule has 1 fully saturated rings. The normalized spacial score (nSPS) is 24.3. The predicted octanol–water partition coefficient (Wildman–Crippen LogP) is -1.14. The van der Waals surface area contributed by atoms with E-state index in [1.165, 1.54) is 0 Å². The van der Waals surface area contributed by atoms with E-state index < -0.39 is 6.10 Å². The summed E-state index contributed by atoms with van der Waals surface area (Å²) in [6.07, 6.45) is -0.165. The summed E-state index contributed by atoms with van der Waals surface area (Å²) in [5, 5.41) is 14.7. The van der Waals surface area contributed by atoms with Crippen LogP contribution in [0.3, 0.4) is 0 Å². The zero-order valence-corrected chi connectivity index (χ0v) is 8.45. The number of ether oxygens (including phenoxy) is 1. The average Bonchev–Trinajstić information content (AvgIpc) is 2.16. The van der Waals surface area contributed by atoms with E-state index in [1.807, 2.05) is 0 Å². The van der Waals surface area contributed by atoms with Crippen molar-refractivity contribution in [1.82, 2.24) is 10.6 Å². The largest absolute Gasteiger partial charge is 0.392 e. The molecule has 0 aromatic heterocycles. The zero-order chi connectivity index (χ0) is 10.4. The van der Waals surface area contributed by atoms with Gasteiger partial charge in [-0.2, -0.15) is 0 Å². The van der Waals surface area contributed by atoms with Gasteiger partial charge < -0.3 is 20.5 Å². The third-order valence-electron chi connectivity index (χ3n) is 2.01. The number of amides is 1. The highest BCUT2D eigenvalue weighted by atomic mass is 16.5. The highest BCUT2D eigenvalue weighted by molar-refractivity contribution is 5.76. The van der Waals surface area contributed by atoms with E-state index in [0.717, 1.165) is 13.1 Å². The van der Waals surface area contributed by atoms with Gasteiger partial charge in [0.15, 0.2) is 0 Å². The fourth-order valence-electron chi connectivity index (χ4n) is 1.29. The Morgan fingerprint density at radius 1 is 1.79 bits per heavy atom. The molecule has 0 radical (unpaired) electrons. The molecule has 5 nitrogen and oxygen atoms in total. The summed E-state index contributed by atoms with van der Waals surface area (Å²) in [6.45, 7) is 4.18. The molecule has 1 aliphatic heterocycles. The Hall–Kier alpha value is -0.650. The minimum Gasteiger partial charge on any atom is -0.392 e. The first kappa shape index (κ1) is 11.4. The molecule has 0 saturated carbocycles. The summed E-state index contributed by atoms with van der Waals surface area (Å²) in [4.78, 5) is 11.3. The SMILES string of the molecule is C[C@H](O)CNC(=O)CC1CNCCO1. The molecule has 3 N–H and O–H groups in total. The van der Waals surface area contributed by atoms with Crippen LogP contribution in [0.5, 0.6) is 0 Å². The highest BCUT2D eigenvalue weighted by Gasteiger charge is 2.16. The van der Waals surface area contributed by atoms with Crippen molar-refractivity contribution >= 4 is 5.91 Å². The van der Waals surface area contributed by atoms with Crippen molar-refractivity contribution < 1.29 is 14.6 Å². The third-order valence-corrected chi connectivity index (χ3v) is 2.01. The van der Waals surface area contributed by atoms with Crippen LogP contribution in [0.2, 0.25) is 0 Å². The lowest BCUT2D eigenvalue weighted by atomic mass is 10.2. The van der Waals surface area contributed by atoms with E-state index in [1.54, 1.807) is 6.92 Å². The Bertz CT molecular complexity index is 179. The van der Waals surface area contributed by atoms with Crippen LogP contribution in [-0.2, 0) is 9.53 Å². The van der Waals surface area contributed by atoms with Gasteiger partial charge in [0.1, 0.15) is 0 Å². The lowest BCUT2D eigenvalue weighted by Crippen LogP contribution is -2.42. The van der Waals surface area contributed by atoms with Gasteiger partial charge >= 0.3 is 0 Å². The number of aliphatic hydroxyl groups excluding tert-OH is 1. The number of carbonyl (C=O) groups excluding carboxylic acids is 1. The molecule has 1 saturated heterocycles. The molecule has 82 valence electrons. The molecule has 0 aliphatic carbocycles. The maximum atomic E-state index is 11.3. The van der Waals surface area contributed by atoms with E-state index in [-0.39, 0.29) is 12.0 Å². The molecule has 0 aromatic rings. The predicted molar refractivity (Wildman–Crippen MR) is 51.9 cm³/mol. The topological polar surface area (TPSA) is 70.6 Å². The quantitative estimate of drug-likeness (QED) is 0.539. The van der Waals surface area contributed by atoms with E-state index >= 15 is 0 Å². The summed E-state index contributed by atoms with van der Waals surface area (Å²) < 4.78 is 5.37. The maximum Gasteiger partial charge on any atom is 0.222 e. The van der Waals surface area contributed by atoms with Gasteiger partial charge in [0.25, 0.3) is 0 Å². The van der Waals surface area contributed by atoms with E-state index in [9.17, 15) is 4.79 Å². The zero-order valence-electron chi connectivity index (χ0n) is 8.45. The van der Waals surface area contributed by atoms with Gasteiger partial charge in [-0.1, -0.05) is 0 Å². The molecule has 5 heteroatoms. The minimum absolute atomic E-state index is 0.0299.